The molecule has 94 valence electrons. The highest BCUT2D eigenvalue weighted by Crippen LogP contribution is 2.30. The molecule has 3 nitrogen and oxygen atoms in total. The van der Waals surface area contributed by atoms with Gasteiger partial charge in [0.05, 0.1) is 0 Å². The molecule has 3 N–H and O–H groups in total. The van der Waals surface area contributed by atoms with Crippen molar-refractivity contribution in [3.8, 4) is 5.75 Å². The van der Waals surface area contributed by atoms with Crippen LogP contribution in [-0.2, 0) is 12.0 Å². The Labute approximate surface area is 113 Å². The Kier molecular flexibility index (Phi) is 7.37. The number of nitrogens with zero attached hydrogens (tertiary/aromatic N) is 1. The molecule has 0 atom stereocenters. The fourth-order valence-electron chi connectivity index (χ4n) is 1.10. The molecule has 0 spiro atoms. The lowest BCUT2D eigenvalue weighted by molar-refractivity contribution is 0.462. The zero-order valence-corrected chi connectivity index (χ0v) is 11.8. The van der Waals surface area contributed by atoms with Crippen molar-refractivity contribution in [1.29, 1.82) is 0 Å². The number of aromatic hydroxyl groups is 1. The third kappa shape index (κ3) is 3.98. The molecule has 1 aromatic rings. The van der Waals surface area contributed by atoms with Gasteiger partial charge in [-0.1, -0.05) is 32.4 Å². The van der Waals surface area contributed by atoms with Gasteiger partial charge in [-0.2, -0.15) is 0 Å². The van der Waals surface area contributed by atoms with Gasteiger partial charge in [0.25, 0.3) is 0 Å². The topological polar surface area (TPSA) is 59.1 Å². The molecule has 0 aliphatic rings. The second kappa shape index (κ2) is 6.50. The first-order valence-electron chi connectivity index (χ1n) is 4.45. The van der Waals surface area contributed by atoms with Gasteiger partial charge in [-0.25, -0.2) is 4.98 Å². The molecule has 0 aliphatic heterocycles. The summed E-state index contributed by atoms with van der Waals surface area (Å²) in [6, 6.07) is 1.79. The van der Waals surface area contributed by atoms with Crippen molar-refractivity contribution in [2.24, 2.45) is 5.73 Å². The Hall–Kier alpha value is -0.220. The minimum Gasteiger partial charge on any atom is -0.504 e. The molecule has 0 bridgehead atoms. The van der Waals surface area contributed by atoms with E-state index in [1.54, 1.807) is 6.07 Å². The molecular weight excluding hydrogens is 270 g/mol. The van der Waals surface area contributed by atoms with Crippen molar-refractivity contribution in [3.05, 3.63) is 22.5 Å². The van der Waals surface area contributed by atoms with Crippen LogP contribution in [0.2, 0.25) is 5.15 Å². The summed E-state index contributed by atoms with van der Waals surface area (Å²) in [4.78, 5) is 4.11. The Morgan fingerprint density at radius 1 is 1.38 bits per heavy atom. The zero-order chi connectivity index (χ0) is 10.9. The lowest BCUT2D eigenvalue weighted by Gasteiger charge is -2.19. The van der Waals surface area contributed by atoms with E-state index < -0.39 is 0 Å². The van der Waals surface area contributed by atoms with Crippen LogP contribution in [0.5, 0.6) is 5.75 Å². The van der Waals surface area contributed by atoms with E-state index in [-0.39, 0.29) is 47.7 Å². The van der Waals surface area contributed by atoms with Crippen molar-refractivity contribution in [2.45, 2.75) is 32.7 Å². The fraction of sp³-hybridized carbons (Fsp3) is 0.500. The van der Waals surface area contributed by atoms with E-state index in [1.165, 1.54) is 0 Å². The molecule has 0 unspecified atom stereocenters. The molecule has 0 saturated heterocycles. The number of halogens is 3. The quantitative estimate of drug-likeness (QED) is 0.781. The first-order chi connectivity index (χ1) is 6.36. The van der Waals surface area contributed by atoms with Crippen LogP contribution in [0.25, 0.3) is 0 Å². The summed E-state index contributed by atoms with van der Waals surface area (Å²) >= 11 is 5.79. The minimum absolute atomic E-state index is 0. The Morgan fingerprint density at radius 3 is 2.25 bits per heavy atom. The van der Waals surface area contributed by atoms with Gasteiger partial charge in [0.2, 0.25) is 0 Å². The molecule has 0 radical (unpaired) electrons. The third-order valence-electron chi connectivity index (χ3n) is 2.02. The second-order valence-corrected chi connectivity index (χ2v) is 4.62. The van der Waals surface area contributed by atoms with Gasteiger partial charge in [0.15, 0.2) is 10.9 Å². The van der Waals surface area contributed by atoms with E-state index in [4.69, 9.17) is 17.3 Å². The average Bonchev–Trinajstić information content (AvgIpc) is 2.07. The maximum absolute atomic E-state index is 9.51. The van der Waals surface area contributed by atoms with E-state index in [0.717, 1.165) is 5.69 Å². The van der Waals surface area contributed by atoms with Crippen LogP contribution in [0.1, 0.15) is 32.0 Å². The number of hydrogen-bond donors (Lipinski definition) is 2. The summed E-state index contributed by atoms with van der Waals surface area (Å²) in [7, 11) is 0. The molecule has 0 saturated carbocycles. The first kappa shape index (κ1) is 18.2. The normalized spacial score (nSPS) is 10.3. The molecule has 1 rings (SSSR count). The maximum atomic E-state index is 9.51. The molecule has 0 aliphatic carbocycles. The molecule has 0 aromatic carbocycles. The fourth-order valence-corrected chi connectivity index (χ4v) is 1.31. The highest BCUT2D eigenvalue weighted by Gasteiger charge is 2.19. The average molecular weight is 288 g/mol. The van der Waals surface area contributed by atoms with Crippen molar-refractivity contribution in [2.75, 3.05) is 0 Å². The van der Waals surface area contributed by atoms with E-state index in [9.17, 15) is 5.11 Å². The highest BCUT2D eigenvalue weighted by atomic mass is 35.5. The van der Waals surface area contributed by atoms with Crippen molar-refractivity contribution in [1.82, 2.24) is 4.98 Å². The van der Waals surface area contributed by atoms with Gasteiger partial charge in [-0.3, -0.25) is 0 Å². The molecule has 0 amide bonds. The highest BCUT2D eigenvalue weighted by molar-refractivity contribution is 6.30. The van der Waals surface area contributed by atoms with Crippen LogP contribution in [0.3, 0.4) is 0 Å². The second-order valence-electron chi connectivity index (χ2n) is 4.26. The molecule has 16 heavy (non-hydrogen) atoms. The van der Waals surface area contributed by atoms with E-state index >= 15 is 0 Å². The van der Waals surface area contributed by atoms with Gasteiger partial charge >= 0.3 is 0 Å². The van der Waals surface area contributed by atoms with E-state index in [2.05, 4.69) is 4.98 Å². The molecule has 1 aromatic heterocycles. The summed E-state index contributed by atoms with van der Waals surface area (Å²) in [5.41, 5.74) is 6.86. The smallest absolute Gasteiger partial charge is 0.171 e. The molecule has 0 fully saturated rings. The van der Waals surface area contributed by atoms with E-state index in [1.807, 2.05) is 20.8 Å². The van der Waals surface area contributed by atoms with Crippen LogP contribution in [0.15, 0.2) is 6.07 Å². The number of rotatable bonds is 1. The van der Waals surface area contributed by atoms with Crippen LogP contribution < -0.4 is 5.73 Å². The van der Waals surface area contributed by atoms with Gasteiger partial charge in [-0.05, 0) is 6.07 Å². The number of pyridine rings is 1. The van der Waals surface area contributed by atoms with Crippen LogP contribution in [0.4, 0.5) is 0 Å². The number of hydrogen-bond acceptors (Lipinski definition) is 3. The lowest BCUT2D eigenvalue weighted by atomic mass is 9.91. The number of nitrogens with two attached hydrogens (primary N) is 1. The van der Waals surface area contributed by atoms with Crippen LogP contribution in [-0.4, -0.2) is 10.1 Å². The zero-order valence-electron chi connectivity index (χ0n) is 9.45. The monoisotopic (exact) mass is 286 g/mol. The van der Waals surface area contributed by atoms with Gasteiger partial charge in [-0.15, -0.1) is 24.8 Å². The van der Waals surface area contributed by atoms with Gasteiger partial charge < -0.3 is 10.8 Å². The predicted octanol–water partition coefficient (Wildman–Crippen LogP) is 3.04. The maximum Gasteiger partial charge on any atom is 0.171 e. The summed E-state index contributed by atoms with van der Waals surface area (Å²) in [6.07, 6.45) is 0. The third-order valence-corrected chi connectivity index (χ3v) is 2.28. The van der Waals surface area contributed by atoms with Crippen LogP contribution >= 0.6 is 36.4 Å². The van der Waals surface area contributed by atoms with Crippen LogP contribution in [0, 0.1) is 0 Å². The summed E-state index contributed by atoms with van der Waals surface area (Å²) in [5.74, 6) is -0.0119. The Morgan fingerprint density at radius 2 is 1.88 bits per heavy atom. The number of aromatic nitrogens is 1. The van der Waals surface area contributed by atoms with E-state index in [0.29, 0.717) is 5.56 Å². The first-order valence-corrected chi connectivity index (χ1v) is 4.83. The van der Waals surface area contributed by atoms with Gasteiger partial charge in [0.1, 0.15) is 0 Å². The minimum atomic E-state index is -0.0960. The van der Waals surface area contributed by atoms with Gasteiger partial charge in [0, 0.05) is 23.2 Å². The molecule has 6 heteroatoms. The van der Waals surface area contributed by atoms with Crippen molar-refractivity contribution in [3.63, 3.8) is 0 Å². The largest absolute Gasteiger partial charge is 0.504 e. The van der Waals surface area contributed by atoms with Crippen molar-refractivity contribution >= 4 is 36.4 Å². The SMILES string of the molecule is CC(C)(C)c1cc(CN)c(O)c(Cl)n1.Cl.Cl. The summed E-state index contributed by atoms with van der Waals surface area (Å²) in [5, 5.41) is 9.64. The summed E-state index contributed by atoms with van der Waals surface area (Å²) in [6.45, 7) is 6.35. The lowest BCUT2D eigenvalue weighted by Crippen LogP contribution is -2.14. The molecular formula is C10H17Cl3N2O. The molecule has 1 heterocycles. The standard InChI is InChI=1S/C10H15ClN2O.2ClH/c1-10(2,3)7-4-6(5-12)8(14)9(11)13-7;;/h4,14H,5,12H2,1-3H3;2*1H. The predicted molar refractivity (Wildman–Crippen MR) is 72.0 cm³/mol. The Bertz CT molecular complexity index is 351. The van der Waals surface area contributed by atoms with Crippen molar-refractivity contribution < 1.29 is 5.11 Å². The Balaban J connectivity index is 0. The summed E-state index contributed by atoms with van der Waals surface area (Å²) < 4.78 is 0.